The zero-order valence-corrected chi connectivity index (χ0v) is 10.4. The molecule has 0 aliphatic heterocycles. The molecule has 1 atom stereocenters. The molecule has 3 heteroatoms. The first-order valence-corrected chi connectivity index (χ1v) is 5.95. The van der Waals surface area contributed by atoms with Gasteiger partial charge in [0.05, 0.1) is 14.2 Å². The van der Waals surface area contributed by atoms with Crippen LogP contribution < -0.4 is 4.74 Å². The van der Waals surface area contributed by atoms with E-state index in [4.69, 9.17) is 9.47 Å². The summed E-state index contributed by atoms with van der Waals surface area (Å²) in [5.41, 5.74) is 2.69. The Morgan fingerprint density at radius 2 is 2.18 bits per heavy atom. The highest BCUT2D eigenvalue weighted by Crippen LogP contribution is 2.30. The molecule has 0 amide bonds. The molecule has 0 saturated carbocycles. The Balaban J connectivity index is 2.06. The van der Waals surface area contributed by atoms with Crippen molar-refractivity contribution >= 4 is 5.97 Å². The van der Waals surface area contributed by atoms with Gasteiger partial charge in [-0.1, -0.05) is 6.07 Å². The zero-order valence-electron chi connectivity index (χ0n) is 10.4. The van der Waals surface area contributed by atoms with E-state index in [2.05, 4.69) is 12.1 Å². The minimum Gasteiger partial charge on any atom is -0.497 e. The molecule has 0 aromatic heterocycles. The van der Waals surface area contributed by atoms with Gasteiger partial charge in [-0.05, 0) is 48.4 Å². The van der Waals surface area contributed by atoms with E-state index in [1.54, 1.807) is 7.11 Å². The molecule has 92 valence electrons. The van der Waals surface area contributed by atoms with Gasteiger partial charge >= 0.3 is 5.97 Å². The van der Waals surface area contributed by atoms with Gasteiger partial charge in [0.15, 0.2) is 0 Å². The smallest absolute Gasteiger partial charge is 0.305 e. The standard InChI is InChI=1S/C14H18O3/c1-16-13-6-5-11-7-10(8-14(15)17-2)3-4-12(11)9-13/h5-6,9-10H,3-4,7-8H2,1-2H3/t10-/m1/s1. The maximum absolute atomic E-state index is 11.3. The Hall–Kier alpha value is -1.51. The summed E-state index contributed by atoms with van der Waals surface area (Å²) in [6.45, 7) is 0. The topological polar surface area (TPSA) is 35.5 Å². The van der Waals surface area contributed by atoms with Crippen molar-refractivity contribution in [3.8, 4) is 5.75 Å². The van der Waals surface area contributed by atoms with Crippen molar-refractivity contribution in [1.82, 2.24) is 0 Å². The first-order valence-electron chi connectivity index (χ1n) is 5.95. The van der Waals surface area contributed by atoms with E-state index in [0.29, 0.717) is 12.3 Å². The van der Waals surface area contributed by atoms with Gasteiger partial charge in [0.2, 0.25) is 0 Å². The van der Waals surface area contributed by atoms with E-state index < -0.39 is 0 Å². The van der Waals surface area contributed by atoms with Crippen LogP contribution in [0.15, 0.2) is 18.2 Å². The lowest BCUT2D eigenvalue weighted by Gasteiger charge is -2.24. The van der Waals surface area contributed by atoms with Crippen LogP contribution in [0.5, 0.6) is 5.75 Å². The van der Waals surface area contributed by atoms with Crippen molar-refractivity contribution in [3.05, 3.63) is 29.3 Å². The minimum absolute atomic E-state index is 0.105. The van der Waals surface area contributed by atoms with Crippen LogP contribution in [0.2, 0.25) is 0 Å². The van der Waals surface area contributed by atoms with E-state index >= 15 is 0 Å². The van der Waals surface area contributed by atoms with Crippen LogP contribution in [0, 0.1) is 5.92 Å². The lowest BCUT2D eigenvalue weighted by Crippen LogP contribution is -2.18. The fourth-order valence-corrected chi connectivity index (χ4v) is 2.43. The average molecular weight is 234 g/mol. The quantitative estimate of drug-likeness (QED) is 0.753. The third-order valence-electron chi connectivity index (χ3n) is 3.43. The van der Waals surface area contributed by atoms with Gasteiger partial charge in [0, 0.05) is 6.42 Å². The van der Waals surface area contributed by atoms with Crippen LogP contribution >= 0.6 is 0 Å². The van der Waals surface area contributed by atoms with E-state index in [-0.39, 0.29) is 5.97 Å². The molecule has 1 aromatic rings. The van der Waals surface area contributed by atoms with Crippen LogP contribution in [0.25, 0.3) is 0 Å². The highest BCUT2D eigenvalue weighted by Gasteiger charge is 2.21. The summed E-state index contributed by atoms with van der Waals surface area (Å²) in [7, 11) is 3.13. The molecule has 1 aliphatic carbocycles. The Morgan fingerprint density at radius 3 is 2.88 bits per heavy atom. The number of carbonyl (C=O) groups is 1. The van der Waals surface area contributed by atoms with Crippen molar-refractivity contribution < 1.29 is 14.3 Å². The molecule has 17 heavy (non-hydrogen) atoms. The molecule has 0 saturated heterocycles. The minimum atomic E-state index is -0.105. The number of ether oxygens (including phenoxy) is 2. The number of aryl methyl sites for hydroxylation is 1. The highest BCUT2D eigenvalue weighted by atomic mass is 16.5. The van der Waals surface area contributed by atoms with Crippen LogP contribution in [-0.2, 0) is 22.4 Å². The summed E-state index contributed by atoms with van der Waals surface area (Å²) >= 11 is 0. The zero-order chi connectivity index (χ0) is 12.3. The van der Waals surface area contributed by atoms with E-state index in [1.165, 1.54) is 18.2 Å². The van der Waals surface area contributed by atoms with E-state index in [0.717, 1.165) is 25.0 Å². The molecular formula is C14H18O3. The molecule has 0 spiro atoms. The lowest BCUT2D eigenvalue weighted by molar-refractivity contribution is -0.141. The normalized spacial score (nSPS) is 18.4. The molecule has 1 aliphatic rings. The second-order valence-corrected chi connectivity index (χ2v) is 4.52. The number of esters is 1. The van der Waals surface area contributed by atoms with Crippen LogP contribution in [0.4, 0.5) is 0 Å². The Labute approximate surface area is 102 Å². The number of carbonyl (C=O) groups excluding carboxylic acids is 1. The second kappa shape index (κ2) is 5.21. The third-order valence-corrected chi connectivity index (χ3v) is 3.43. The molecule has 1 aromatic carbocycles. The number of methoxy groups -OCH3 is 2. The fourth-order valence-electron chi connectivity index (χ4n) is 2.43. The SMILES string of the molecule is COC(=O)C[C@@H]1CCc2cc(OC)ccc2C1. The largest absolute Gasteiger partial charge is 0.497 e. The summed E-state index contributed by atoms with van der Waals surface area (Å²) in [6, 6.07) is 6.20. The summed E-state index contributed by atoms with van der Waals surface area (Å²) in [5, 5.41) is 0. The van der Waals surface area contributed by atoms with Crippen molar-refractivity contribution in [2.75, 3.05) is 14.2 Å². The van der Waals surface area contributed by atoms with Crippen molar-refractivity contribution in [2.24, 2.45) is 5.92 Å². The number of hydrogen-bond donors (Lipinski definition) is 0. The van der Waals surface area contributed by atoms with Gasteiger partial charge in [-0.25, -0.2) is 0 Å². The maximum atomic E-state index is 11.3. The Kier molecular flexibility index (Phi) is 3.67. The molecule has 0 unspecified atom stereocenters. The molecule has 0 bridgehead atoms. The molecule has 0 fully saturated rings. The molecule has 0 N–H and O–H groups in total. The summed E-state index contributed by atoms with van der Waals surface area (Å²) < 4.78 is 9.93. The monoisotopic (exact) mass is 234 g/mol. The van der Waals surface area contributed by atoms with Crippen molar-refractivity contribution in [3.63, 3.8) is 0 Å². The second-order valence-electron chi connectivity index (χ2n) is 4.52. The average Bonchev–Trinajstić information content (AvgIpc) is 2.38. The van der Waals surface area contributed by atoms with Gasteiger partial charge in [-0.3, -0.25) is 4.79 Å². The van der Waals surface area contributed by atoms with Gasteiger partial charge in [-0.15, -0.1) is 0 Å². The molecular weight excluding hydrogens is 216 g/mol. The molecule has 0 heterocycles. The third kappa shape index (κ3) is 2.78. The first kappa shape index (κ1) is 12.0. The van der Waals surface area contributed by atoms with Gasteiger partial charge < -0.3 is 9.47 Å². The highest BCUT2D eigenvalue weighted by molar-refractivity contribution is 5.69. The van der Waals surface area contributed by atoms with Gasteiger partial charge in [0.25, 0.3) is 0 Å². The number of fused-ring (bicyclic) bond motifs is 1. The maximum Gasteiger partial charge on any atom is 0.305 e. The van der Waals surface area contributed by atoms with Gasteiger partial charge in [-0.2, -0.15) is 0 Å². The fraction of sp³-hybridized carbons (Fsp3) is 0.500. The molecule has 0 radical (unpaired) electrons. The van der Waals surface area contributed by atoms with Gasteiger partial charge in [0.1, 0.15) is 5.75 Å². The van der Waals surface area contributed by atoms with Crippen molar-refractivity contribution in [1.29, 1.82) is 0 Å². The first-order chi connectivity index (χ1) is 8.22. The number of rotatable bonds is 3. The summed E-state index contributed by atoms with van der Waals surface area (Å²) in [4.78, 5) is 11.3. The summed E-state index contributed by atoms with van der Waals surface area (Å²) in [6.07, 6.45) is 3.57. The predicted molar refractivity (Wildman–Crippen MR) is 65.1 cm³/mol. The lowest BCUT2D eigenvalue weighted by atomic mass is 9.82. The summed E-state index contributed by atoms with van der Waals surface area (Å²) in [5.74, 6) is 1.23. The molecule has 3 nitrogen and oxygen atoms in total. The van der Waals surface area contributed by atoms with Crippen LogP contribution in [0.3, 0.4) is 0 Å². The van der Waals surface area contributed by atoms with Crippen LogP contribution in [-0.4, -0.2) is 20.2 Å². The van der Waals surface area contributed by atoms with E-state index in [9.17, 15) is 4.79 Å². The van der Waals surface area contributed by atoms with E-state index in [1.807, 2.05) is 6.07 Å². The van der Waals surface area contributed by atoms with Crippen LogP contribution in [0.1, 0.15) is 24.0 Å². The van der Waals surface area contributed by atoms with Crippen molar-refractivity contribution in [2.45, 2.75) is 25.7 Å². The molecule has 2 rings (SSSR count). The predicted octanol–water partition coefficient (Wildman–Crippen LogP) is 2.36. The number of benzene rings is 1. The Morgan fingerprint density at radius 1 is 1.35 bits per heavy atom. The Bertz CT molecular complexity index is 412. The number of hydrogen-bond acceptors (Lipinski definition) is 3.